The van der Waals surface area contributed by atoms with Crippen LogP contribution in [0.5, 0.6) is 0 Å². The summed E-state index contributed by atoms with van der Waals surface area (Å²) in [6.07, 6.45) is 20.3. The number of hydrogen-bond donors (Lipinski definition) is 0. The number of carbonyl (C=O) groups is 1. The molecule has 0 N–H and O–H groups in total. The fraction of sp³-hybridized carbons (Fsp3) is 0.811. The van der Waals surface area contributed by atoms with Crippen molar-refractivity contribution in [1.29, 1.82) is 0 Å². The lowest BCUT2D eigenvalue weighted by Crippen LogP contribution is -2.15. The molecule has 0 amide bonds. The predicted molar refractivity (Wildman–Crippen MR) is 181 cm³/mol. The zero-order valence-corrected chi connectivity index (χ0v) is 28.7. The van der Waals surface area contributed by atoms with Crippen molar-refractivity contribution in [3.63, 3.8) is 0 Å². The number of hydrogen-bond acceptors (Lipinski definition) is 8. The molecule has 0 heterocycles. The SMILES string of the molecule is CCCCCCCCCCCCCCCCCC(=O)OCCOCCOCCOCCOCCOCCOCc1ccccc1. The van der Waals surface area contributed by atoms with Crippen LogP contribution in [0.25, 0.3) is 0 Å². The van der Waals surface area contributed by atoms with Crippen LogP contribution in [-0.2, 0) is 44.6 Å². The van der Waals surface area contributed by atoms with Crippen LogP contribution in [0.15, 0.2) is 30.3 Å². The second kappa shape index (κ2) is 35.3. The van der Waals surface area contributed by atoms with E-state index in [-0.39, 0.29) is 5.97 Å². The van der Waals surface area contributed by atoms with E-state index in [4.69, 9.17) is 33.2 Å². The third-order valence-corrected chi connectivity index (χ3v) is 7.45. The highest BCUT2D eigenvalue weighted by Crippen LogP contribution is 2.14. The van der Waals surface area contributed by atoms with Gasteiger partial charge in [-0.3, -0.25) is 4.79 Å². The molecule has 0 aromatic heterocycles. The first-order chi connectivity index (χ1) is 22.3. The first-order valence-corrected chi connectivity index (χ1v) is 18.0. The molecule has 0 aliphatic rings. The molecular weight excluding hydrogens is 572 g/mol. The van der Waals surface area contributed by atoms with Crippen molar-refractivity contribution in [1.82, 2.24) is 0 Å². The molecule has 0 aliphatic carbocycles. The molecule has 0 saturated carbocycles. The lowest BCUT2D eigenvalue weighted by molar-refractivity contribution is -0.145. The molecule has 45 heavy (non-hydrogen) atoms. The quantitative estimate of drug-likeness (QED) is 0.0539. The summed E-state index contributed by atoms with van der Waals surface area (Å²) in [6.45, 7) is 8.77. The third kappa shape index (κ3) is 32.2. The van der Waals surface area contributed by atoms with E-state index < -0.39 is 0 Å². The van der Waals surface area contributed by atoms with Gasteiger partial charge in [0, 0.05) is 6.42 Å². The first kappa shape index (κ1) is 41.5. The lowest BCUT2D eigenvalue weighted by Gasteiger charge is -2.08. The minimum atomic E-state index is -0.123. The van der Waals surface area contributed by atoms with Crippen LogP contribution in [0.1, 0.15) is 115 Å². The fourth-order valence-corrected chi connectivity index (χ4v) is 4.79. The van der Waals surface area contributed by atoms with Gasteiger partial charge < -0.3 is 33.2 Å². The molecular formula is C37H66O8. The van der Waals surface area contributed by atoms with Crippen molar-refractivity contribution < 1.29 is 38.0 Å². The minimum absolute atomic E-state index is 0.123. The number of ether oxygens (including phenoxy) is 7. The molecule has 0 bridgehead atoms. The summed E-state index contributed by atoms with van der Waals surface area (Å²) in [5.41, 5.74) is 1.16. The summed E-state index contributed by atoms with van der Waals surface area (Å²) in [4.78, 5) is 11.9. The average molecular weight is 639 g/mol. The van der Waals surface area contributed by atoms with Gasteiger partial charge in [0.25, 0.3) is 0 Å². The predicted octanol–water partition coefficient (Wildman–Crippen LogP) is 8.09. The molecule has 8 heteroatoms. The highest BCUT2D eigenvalue weighted by molar-refractivity contribution is 5.69. The molecule has 1 rings (SSSR count). The van der Waals surface area contributed by atoms with E-state index in [1.54, 1.807) is 0 Å². The highest BCUT2D eigenvalue weighted by Gasteiger charge is 2.03. The lowest BCUT2D eigenvalue weighted by atomic mass is 10.0. The van der Waals surface area contributed by atoms with Gasteiger partial charge in [-0.1, -0.05) is 127 Å². The van der Waals surface area contributed by atoms with Crippen molar-refractivity contribution >= 4 is 5.97 Å². The maximum absolute atomic E-state index is 11.9. The summed E-state index contributed by atoms with van der Waals surface area (Å²) < 4.78 is 38.3. The highest BCUT2D eigenvalue weighted by atomic mass is 16.6. The number of carbonyl (C=O) groups excluding carboxylic acids is 1. The van der Waals surface area contributed by atoms with Crippen molar-refractivity contribution in [3.05, 3.63) is 35.9 Å². The Bertz CT molecular complexity index is 718. The normalized spacial score (nSPS) is 11.3. The summed E-state index contributed by atoms with van der Waals surface area (Å²) >= 11 is 0. The largest absolute Gasteiger partial charge is 0.463 e. The van der Waals surface area contributed by atoms with Crippen LogP contribution < -0.4 is 0 Å². The Hall–Kier alpha value is -1.55. The number of esters is 1. The average Bonchev–Trinajstić information content (AvgIpc) is 3.06. The van der Waals surface area contributed by atoms with Crippen LogP contribution in [0.3, 0.4) is 0 Å². The van der Waals surface area contributed by atoms with Gasteiger partial charge in [0.1, 0.15) is 6.61 Å². The zero-order chi connectivity index (χ0) is 32.1. The molecule has 0 unspecified atom stereocenters. The van der Waals surface area contributed by atoms with Gasteiger partial charge in [0.15, 0.2) is 0 Å². The Balaban J connectivity index is 1.66. The molecule has 0 spiro atoms. The van der Waals surface area contributed by atoms with Crippen LogP contribution in [0.4, 0.5) is 0 Å². The van der Waals surface area contributed by atoms with Gasteiger partial charge in [0.2, 0.25) is 0 Å². The molecule has 1 aromatic carbocycles. The standard InChI is InChI=1S/C37H66O8/c1-2-3-4-5-6-7-8-9-10-11-12-13-14-15-19-22-37(38)45-34-33-43-30-29-41-26-25-39-23-24-40-27-28-42-31-32-44-35-36-20-17-16-18-21-36/h16-18,20-21H,2-15,19,22-35H2,1H3. The van der Waals surface area contributed by atoms with E-state index in [0.29, 0.717) is 92.3 Å². The molecule has 0 atom stereocenters. The Morgan fingerprint density at radius 3 is 1.22 bits per heavy atom. The number of unbranched alkanes of at least 4 members (excludes halogenated alkanes) is 14. The monoisotopic (exact) mass is 638 g/mol. The Kier molecular flexibility index (Phi) is 32.5. The van der Waals surface area contributed by atoms with Gasteiger partial charge in [-0.25, -0.2) is 0 Å². The van der Waals surface area contributed by atoms with E-state index >= 15 is 0 Å². The molecule has 0 saturated heterocycles. The summed E-state index contributed by atoms with van der Waals surface area (Å²) in [5, 5.41) is 0. The summed E-state index contributed by atoms with van der Waals surface area (Å²) in [7, 11) is 0. The maximum Gasteiger partial charge on any atom is 0.305 e. The van der Waals surface area contributed by atoms with E-state index in [1.807, 2.05) is 30.3 Å². The smallest absolute Gasteiger partial charge is 0.305 e. The van der Waals surface area contributed by atoms with E-state index in [2.05, 4.69) is 6.92 Å². The van der Waals surface area contributed by atoms with Gasteiger partial charge in [-0.15, -0.1) is 0 Å². The summed E-state index contributed by atoms with van der Waals surface area (Å²) in [6, 6.07) is 10.1. The van der Waals surface area contributed by atoms with Gasteiger partial charge in [0.05, 0.1) is 79.3 Å². The zero-order valence-electron chi connectivity index (χ0n) is 28.7. The second-order valence-corrected chi connectivity index (χ2v) is 11.5. The maximum atomic E-state index is 11.9. The third-order valence-electron chi connectivity index (χ3n) is 7.45. The van der Waals surface area contributed by atoms with Crippen LogP contribution >= 0.6 is 0 Å². The van der Waals surface area contributed by atoms with Crippen LogP contribution in [0, 0.1) is 0 Å². The summed E-state index contributed by atoms with van der Waals surface area (Å²) in [5.74, 6) is -0.123. The topological polar surface area (TPSA) is 81.7 Å². The van der Waals surface area contributed by atoms with Crippen molar-refractivity contribution in [2.75, 3.05) is 79.3 Å². The molecule has 1 aromatic rings. The minimum Gasteiger partial charge on any atom is -0.463 e. The molecule has 0 fully saturated rings. The van der Waals surface area contributed by atoms with Crippen LogP contribution in [0.2, 0.25) is 0 Å². The van der Waals surface area contributed by atoms with Crippen molar-refractivity contribution in [2.24, 2.45) is 0 Å². The Labute approximate surface area is 275 Å². The second-order valence-electron chi connectivity index (χ2n) is 11.5. The number of rotatable bonds is 36. The van der Waals surface area contributed by atoms with E-state index in [9.17, 15) is 4.79 Å². The van der Waals surface area contributed by atoms with Crippen LogP contribution in [-0.4, -0.2) is 85.3 Å². The van der Waals surface area contributed by atoms with Gasteiger partial charge >= 0.3 is 5.97 Å². The van der Waals surface area contributed by atoms with Crippen molar-refractivity contribution in [3.8, 4) is 0 Å². The van der Waals surface area contributed by atoms with Crippen molar-refractivity contribution in [2.45, 2.75) is 116 Å². The Morgan fingerprint density at radius 2 is 0.800 bits per heavy atom. The first-order valence-electron chi connectivity index (χ1n) is 18.0. The molecule has 0 radical (unpaired) electrons. The molecule has 8 nitrogen and oxygen atoms in total. The van der Waals surface area contributed by atoms with E-state index in [1.165, 1.54) is 83.5 Å². The number of benzene rings is 1. The fourth-order valence-electron chi connectivity index (χ4n) is 4.79. The molecule has 0 aliphatic heterocycles. The molecule has 262 valence electrons. The Morgan fingerprint density at radius 1 is 0.444 bits per heavy atom. The van der Waals surface area contributed by atoms with Gasteiger partial charge in [-0.2, -0.15) is 0 Å². The van der Waals surface area contributed by atoms with E-state index in [0.717, 1.165) is 18.4 Å². The van der Waals surface area contributed by atoms with Gasteiger partial charge in [-0.05, 0) is 12.0 Å².